The summed E-state index contributed by atoms with van der Waals surface area (Å²) in [5, 5.41) is 14.3. The van der Waals surface area contributed by atoms with Crippen LogP contribution in [0.1, 0.15) is 24.8 Å². The van der Waals surface area contributed by atoms with Gasteiger partial charge in [0.1, 0.15) is 0 Å². The second kappa shape index (κ2) is 4.86. The van der Waals surface area contributed by atoms with Crippen LogP contribution in [0, 0.1) is 0 Å². The van der Waals surface area contributed by atoms with Crippen molar-refractivity contribution >= 4 is 28.8 Å². The fourth-order valence-corrected chi connectivity index (χ4v) is 3.33. The fourth-order valence-electron chi connectivity index (χ4n) is 3.04. The number of hydrogen-bond donors (Lipinski definition) is 2. The number of benzene rings is 1. The minimum absolute atomic E-state index is 0.111. The van der Waals surface area contributed by atoms with Gasteiger partial charge in [0.15, 0.2) is 0 Å². The Balaban J connectivity index is 2.05. The number of aliphatic hydroxyl groups is 1. The Kier molecular flexibility index (Phi) is 3.37. The Morgan fingerprint density at radius 1 is 1.22 bits per heavy atom. The van der Waals surface area contributed by atoms with Gasteiger partial charge >= 0.3 is 0 Å². The van der Waals surface area contributed by atoms with E-state index in [-0.39, 0.29) is 6.61 Å². The zero-order valence-corrected chi connectivity index (χ0v) is 11.4. The van der Waals surface area contributed by atoms with Gasteiger partial charge in [0, 0.05) is 12.1 Å². The lowest BCUT2D eigenvalue weighted by Gasteiger charge is -2.27. The summed E-state index contributed by atoms with van der Waals surface area (Å²) >= 11 is 12.0. The molecule has 0 saturated carbocycles. The van der Waals surface area contributed by atoms with Crippen molar-refractivity contribution in [3.63, 3.8) is 0 Å². The SMILES string of the molecule is OCC1=C(c2ccc(Cl)c(Cl)c2)CC2CC[C@H]1N2. The van der Waals surface area contributed by atoms with Gasteiger partial charge in [0.25, 0.3) is 0 Å². The summed E-state index contributed by atoms with van der Waals surface area (Å²) < 4.78 is 0. The second-order valence-electron chi connectivity index (χ2n) is 4.99. The van der Waals surface area contributed by atoms with Gasteiger partial charge in [-0.05, 0) is 48.1 Å². The lowest BCUT2D eigenvalue weighted by molar-refractivity contribution is 0.316. The fraction of sp³-hybridized carbons (Fsp3) is 0.429. The highest BCUT2D eigenvalue weighted by Gasteiger charge is 2.33. The Morgan fingerprint density at radius 3 is 2.78 bits per heavy atom. The molecule has 1 saturated heterocycles. The third-order valence-electron chi connectivity index (χ3n) is 3.94. The van der Waals surface area contributed by atoms with E-state index in [4.69, 9.17) is 23.2 Å². The molecule has 0 aromatic heterocycles. The number of nitrogens with one attached hydrogen (secondary N) is 1. The molecule has 0 radical (unpaired) electrons. The average molecular weight is 284 g/mol. The maximum Gasteiger partial charge on any atom is 0.0662 e. The molecule has 2 aliphatic rings. The number of rotatable bonds is 2. The molecule has 18 heavy (non-hydrogen) atoms. The highest BCUT2D eigenvalue weighted by molar-refractivity contribution is 6.42. The van der Waals surface area contributed by atoms with Crippen LogP contribution in [0.5, 0.6) is 0 Å². The zero-order valence-electron chi connectivity index (χ0n) is 9.92. The molecule has 96 valence electrons. The molecule has 0 aliphatic carbocycles. The maximum atomic E-state index is 9.61. The molecule has 1 aromatic rings. The van der Waals surface area contributed by atoms with Crippen LogP contribution in [-0.2, 0) is 0 Å². The van der Waals surface area contributed by atoms with Crippen LogP contribution in [-0.4, -0.2) is 23.8 Å². The van der Waals surface area contributed by atoms with E-state index in [2.05, 4.69) is 5.32 Å². The molecule has 2 aliphatic heterocycles. The first kappa shape index (κ1) is 12.5. The standard InChI is InChI=1S/C14H15Cl2NO/c15-12-3-1-8(5-13(12)16)10-6-9-2-4-14(17-9)11(10)7-18/h1,3,5,9,14,17-18H,2,4,6-7H2/t9?,14-/m1/s1. The van der Waals surface area contributed by atoms with Crippen molar-refractivity contribution in [2.24, 2.45) is 0 Å². The minimum Gasteiger partial charge on any atom is -0.392 e. The summed E-state index contributed by atoms with van der Waals surface area (Å²) in [7, 11) is 0. The predicted octanol–water partition coefficient (Wildman–Crippen LogP) is 3.26. The van der Waals surface area contributed by atoms with Gasteiger partial charge < -0.3 is 10.4 Å². The van der Waals surface area contributed by atoms with Crippen LogP contribution >= 0.6 is 23.2 Å². The lowest BCUT2D eigenvalue weighted by Crippen LogP contribution is -2.36. The van der Waals surface area contributed by atoms with E-state index in [0.29, 0.717) is 22.1 Å². The highest BCUT2D eigenvalue weighted by Crippen LogP contribution is 2.38. The first-order valence-corrected chi connectivity index (χ1v) is 6.99. The molecule has 1 aromatic carbocycles. The van der Waals surface area contributed by atoms with E-state index in [1.165, 1.54) is 12.0 Å². The summed E-state index contributed by atoms with van der Waals surface area (Å²) in [5.74, 6) is 0. The molecule has 3 rings (SSSR count). The van der Waals surface area contributed by atoms with E-state index in [1.807, 2.05) is 18.2 Å². The Bertz CT molecular complexity index is 513. The Labute approximate surface area is 117 Å². The molecule has 2 N–H and O–H groups in total. The van der Waals surface area contributed by atoms with Crippen molar-refractivity contribution in [3.05, 3.63) is 39.4 Å². The van der Waals surface area contributed by atoms with Crippen LogP contribution in [0.3, 0.4) is 0 Å². The molecule has 2 bridgehead atoms. The number of aliphatic hydroxyl groups excluding tert-OH is 1. The van der Waals surface area contributed by atoms with Crippen molar-refractivity contribution in [2.45, 2.75) is 31.3 Å². The van der Waals surface area contributed by atoms with Crippen molar-refractivity contribution in [1.82, 2.24) is 5.32 Å². The number of fused-ring (bicyclic) bond motifs is 2. The maximum absolute atomic E-state index is 9.61. The lowest BCUT2D eigenvalue weighted by atomic mass is 9.90. The summed E-state index contributed by atoms with van der Waals surface area (Å²) in [6.45, 7) is 0.111. The first-order chi connectivity index (χ1) is 8.69. The van der Waals surface area contributed by atoms with Crippen LogP contribution in [0.25, 0.3) is 5.57 Å². The Morgan fingerprint density at radius 2 is 2.06 bits per heavy atom. The molecule has 2 heterocycles. The van der Waals surface area contributed by atoms with Crippen molar-refractivity contribution in [2.75, 3.05) is 6.61 Å². The molecule has 0 amide bonds. The van der Waals surface area contributed by atoms with Crippen LogP contribution < -0.4 is 5.32 Å². The number of hydrogen-bond acceptors (Lipinski definition) is 2. The third-order valence-corrected chi connectivity index (χ3v) is 4.68. The van der Waals surface area contributed by atoms with Gasteiger partial charge in [0.2, 0.25) is 0 Å². The summed E-state index contributed by atoms with van der Waals surface area (Å²) in [6, 6.07) is 6.59. The average Bonchev–Trinajstić information content (AvgIpc) is 2.75. The third kappa shape index (κ3) is 2.08. The smallest absolute Gasteiger partial charge is 0.0662 e. The molecule has 4 heteroatoms. The molecule has 1 fully saturated rings. The summed E-state index contributed by atoms with van der Waals surface area (Å²) in [4.78, 5) is 0. The van der Waals surface area contributed by atoms with E-state index >= 15 is 0 Å². The second-order valence-corrected chi connectivity index (χ2v) is 5.80. The molecule has 2 nitrogen and oxygen atoms in total. The number of halogens is 2. The van der Waals surface area contributed by atoms with E-state index in [1.54, 1.807) is 0 Å². The van der Waals surface area contributed by atoms with Gasteiger partial charge in [-0.1, -0.05) is 29.3 Å². The molecular weight excluding hydrogens is 269 g/mol. The highest BCUT2D eigenvalue weighted by atomic mass is 35.5. The summed E-state index contributed by atoms with van der Waals surface area (Å²) in [6.07, 6.45) is 3.26. The normalized spacial score (nSPS) is 26.8. The van der Waals surface area contributed by atoms with Gasteiger partial charge in [-0.2, -0.15) is 0 Å². The zero-order chi connectivity index (χ0) is 12.7. The van der Waals surface area contributed by atoms with Crippen LogP contribution in [0.4, 0.5) is 0 Å². The van der Waals surface area contributed by atoms with Gasteiger partial charge in [-0.3, -0.25) is 0 Å². The van der Waals surface area contributed by atoms with Crippen molar-refractivity contribution in [1.29, 1.82) is 0 Å². The molecular formula is C14H15Cl2NO. The van der Waals surface area contributed by atoms with Gasteiger partial charge in [0.05, 0.1) is 16.7 Å². The van der Waals surface area contributed by atoms with Gasteiger partial charge in [-0.15, -0.1) is 0 Å². The van der Waals surface area contributed by atoms with Crippen molar-refractivity contribution in [3.8, 4) is 0 Å². The molecule has 0 spiro atoms. The van der Waals surface area contributed by atoms with Gasteiger partial charge in [-0.25, -0.2) is 0 Å². The van der Waals surface area contributed by atoms with E-state index < -0.39 is 0 Å². The minimum atomic E-state index is 0.111. The first-order valence-electron chi connectivity index (χ1n) is 6.23. The predicted molar refractivity (Wildman–Crippen MR) is 75.0 cm³/mol. The largest absolute Gasteiger partial charge is 0.392 e. The molecule has 1 unspecified atom stereocenters. The molecule has 2 atom stereocenters. The monoisotopic (exact) mass is 283 g/mol. The topological polar surface area (TPSA) is 32.3 Å². The van der Waals surface area contributed by atoms with Crippen molar-refractivity contribution < 1.29 is 5.11 Å². The van der Waals surface area contributed by atoms with E-state index in [0.717, 1.165) is 24.0 Å². The summed E-state index contributed by atoms with van der Waals surface area (Å²) in [5.41, 5.74) is 3.44. The van der Waals surface area contributed by atoms with E-state index in [9.17, 15) is 5.11 Å². The van der Waals surface area contributed by atoms with Crippen LogP contribution in [0.2, 0.25) is 10.0 Å². The Hall–Kier alpha value is -0.540. The quantitative estimate of drug-likeness (QED) is 0.873. The van der Waals surface area contributed by atoms with Crippen LogP contribution in [0.15, 0.2) is 23.8 Å².